The van der Waals surface area contributed by atoms with Gasteiger partial charge in [-0.25, -0.2) is 18.0 Å². The van der Waals surface area contributed by atoms with Crippen molar-refractivity contribution in [1.29, 1.82) is 0 Å². The van der Waals surface area contributed by atoms with E-state index in [0.29, 0.717) is 55.5 Å². The van der Waals surface area contributed by atoms with Crippen LogP contribution < -0.4 is 9.64 Å². The molecule has 17 heteroatoms. The third kappa shape index (κ3) is 9.62. The van der Waals surface area contributed by atoms with Crippen LogP contribution in [0.3, 0.4) is 0 Å². The van der Waals surface area contributed by atoms with Crippen LogP contribution in [0.25, 0.3) is 32.9 Å². The SMILES string of the molecule is C#Cc1c(F)ccc2cc(O)cc(-c3ncc4c(N5CC6CCC(C5)N6C(=O)OC(C)OC)nc(OC)nc4c3F)c12.COCCOCC=O.F[C@@H]1CC2CCCN2C1. The van der Waals surface area contributed by atoms with Crippen LogP contribution in [-0.4, -0.2) is 140 Å². The molecule has 6 heterocycles. The molecule has 14 nitrogen and oxygen atoms in total. The first kappa shape index (κ1) is 43.3. The maximum Gasteiger partial charge on any atom is 0.412 e. The van der Waals surface area contributed by atoms with E-state index in [1.54, 1.807) is 18.9 Å². The van der Waals surface area contributed by atoms with Gasteiger partial charge >= 0.3 is 12.1 Å². The second-order valence-corrected chi connectivity index (χ2v) is 14.6. The van der Waals surface area contributed by atoms with E-state index in [4.69, 9.17) is 25.4 Å². The normalized spacial score (nSPS) is 21.3. The number of terminal acetylenes is 1. The summed E-state index contributed by atoms with van der Waals surface area (Å²) in [6, 6.07) is 5.61. The number of carbonyl (C=O) groups is 2. The number of rotatable bonds is 10. The fourth-order valence-corrected chi connectivity index (χ4v) is 8.22. The fourth-order valence-electron chi connectivity index (χ4n) is 8.22. The Morgan fingerprint density at radius 1 is 1.07 bits per heavy atom. The molecule has 5 atom stereocenters. The van der Waals surface area contributed by atoms with Gasteiger partial charge in [-0.15, -0.1) is 6.42 Å². The zero-order valence-electron chi connectivity index (χ0n) is 33.5. The summed E-state index contributed by atoms with van der Waals surface area (Å²) in [5, 5.41) is 11.4. The first-order valence-electron chi connectivity index (χ1n) is 19.5. The van der Waals surface area contributed by atoms with E-state index >= 15 is 4.39 Å². The van der Waals surface area contributed by atoms with Crippen molar-refractivity contribution in [1.82, 2.24) is 24.8 Å². The Balaban J connectivity index is 0.000000284. The summed E-state index contributed by atoms with van der Waals surface area (Å²) in [6.45, 7) is 5.57. The predicted molar refractivity (Wildman–Crippen MR) is 213 cm³/mol. The molecular weight excluding hydrogens is 773 g/mol. The molecule has 2 bridgehead atoms. The molecule has 0 spiro atoms. The molecular formula is C42H49F3N6O8. The number of nitrogens with zero attached hydrogens (tertiary/aromatic N) is 6. The van der Waals surface area contributed by atoms with Crippen LogP contribution in [0.15, 0.2) is 30.5 Å². The Morgan fingerprint density at radius 2 is 1.83 bits per heavy atom. The second-order valence-electron chi connectivity index (χ2n) is 14.6. The number of phenolic OH excluding ortho intramolecular Hbond substituents is 1. The highest BCUT2D eigenvalue weighted by Crippen LogP contribution is 2.40. The van der Waals surface area contributed by atoms with E-state index in [-0.39, 0.29) is 58.2 Å². The quantitative estimate of drug-likeness (QED) is 0.0911. The lowest BCUT2D eigenvalue weighted by molar-refractivity contribution is -0.112. The van der Waals surface area contributed by atoms with Gasteiger partial charge in [0.15, 0.2) is 5.82 Å². The van der Waals surface area contributed by atoms with Crippen LogP contribution in [-0.2, 0) is 23.7 Å². The van der Waals surface area contributed by atoms with Crippen LogP contribution in [0.4, 0.5) is 23.8 Å². The van der Waals surface area contributed by atoms with Gasteiger partial charge in [-0.3, -0.25) is 14.8 Å². The molecule has 4 saturated heterocycles. The van der Waals surface area contributed by atoms with Crippen molar-refractivity contribution >= 4 is 39.9 Å². The molecule has 2 aromatic heterocycles. The molecule has 1 N–H and O–H groups in total. The number of methoxy groups -OCH3 is 3. The van der Waals surface area contributed by atoms with Gasteiger partial charge in [-0.2, -0.15) is 9.97 Å². The molecule has 4 aromatic rings. The summed E-state index contributed by atoms with van der Waals surface area (Å²) in [4.78, 5) is 41.6. The number of amides is 1. The van der Waals surface area contributed by atoms with E-state index < -0.39 is 30.2 Å². The Morgan fingerprint density at radius 3 is 2.49 bits per heavy atom. The Labute approximate surface area is 340 Å². The highest BCUT2D eigenvalue weighted by Gasteiger charge is 2.45. The molecule has 1 amide bonds. The molecule has 4 fully saturated rings. The largest absolute Gasteiger partial charge is 0.508 e. The molecule has 59 heavy (non-hydrogen) atoms. The number of phenols is 1. The summed E-state index contributed by atoms with van der Waals surface area (Å²) in [7, 11) is 4.43. The van der Waals surface area contributed by atoms with Crippen molar-refractivity contribution in [3.63, 3.8) is 0 Å². The van der Waals surface area contributed by atoms with Gasteiger partial charge in [-0.1, -0.05) is 12.0 Å². The Kier molecular flexibility index (Phi) is 14.4. The van der Waals surface area contributed by atoms with Gasteiger partial charge in [-0.05, 0) is 69.2 Å². The monoisotopic (exact) mass is 822 g/mol. The van der Waals surface area contributed by atoms with Gasteiger partial charge < -0.3 is 38.5 Å². The fraction of sp³-hybridized carbons (Fsp3) is 0.500. The number of fused-ring (bicyclic) bond motifs is 5. The summed E-state index contributed by atoms with van der Waals surface area (Å²) < 4.78 is 68.8. The zero-order chi connectivity index (χ0) is 42.2. The Hall–Kier alpha value is -5.28. The number of benzene rings is 2. The van der Waals surface area contributed by atoms with Gasteiger partial charge in [0.25, 0.3) is 0 Å². The predicted octanol–water partition coefficient (Wildman–Crippen LogP) is 5.64. The number of anilines is 1. The standard InChI is InChI=1S/C30H27F2N5O5.C7H12FN.C5H10O3/c1-5-20-23(31)9-6-16-10-19(38)11-21(24(16)20)26-25(32)27-22(12-33-26)28(35-29(34-27)41-4)36-13-17-7-8-18(14-36)37(17)30(39)42-15(2)40-3;8-6-4-7-2-1-3-9(7)5-6;1-7-4-5-8-3-2-6/h1,6,9-12,15,17-18,38H,7-8,13-14H2,2-4H3;6-7H,1-5H2;2H,3-5H2,1H3/t;6-,7?;/m.1./s1. The van der Waals surface area contributed by atoms with Crippen molar-refractivity contribution < 1.29 is 51.6 Å². The topological polar surface area (TPSA) is 149 Å². The van der Waals surface area contributed by atoms with Crippen LogP contribution in [0.5, 0.6) is 11.8 Å². The lowest BCUT2D eigenvalue weighted by atomic mass is 9.96. The number of piperazine rings is 1. The van der Waals surface area contributed by atoms with Crippen molar-refractivity contribution in [2.75, 3.05) is 72.2 Å². The third-order valence-electron chi connectivity index (χ3n) is 10.9. The van der Waals surface area contributed by atoms with E-state index in [1.165, 1.54) is 57.5 Å². The number of aldehydes is 1. The number of aromatic nitrogens is 3. The summed E-state index contributed by atoms with van der Waals surface area (Å²) >= 11 is 0. The number of ether oxygens (including phenoxy) is 5. The van der Waals surface area contributed by atoms with Crippen molar-refractivity contribution in [2.24, 2.45) is 0 Å². The number of hydrogen-bond acceptors (Lipinski definition) is 13. The average Bonchev–Trinajstić information content (AvgIpc) is 3.90. The van der Waals surface area contributed by atoms with E-state index in [2.05, 4.69) is 30.5 Å². The molecule has 316 valence electrons. The van der Waals surface area contributed by atoms with Gasteiger partial charge in [0.1, 0.15) is 47.7 Å². The molecule has 4 aliphatic rings. The molecule has 2 aromatic carbocycles. The summed E-state index contributed by atoms with van der Waals surface area (Å²) in [5.41, 5.74) is -0.194. The zero-order valence-corrected chi connectivity index (χ0v) is 33.5. The number of hydrogen-bond donors (Lipinski definition) is 1. The number of halogens is 3. The first-order chi connectivity index (χ1) is 28.5. The van der Waals surface area contributed by atoms with E-state index in [9.17, 15) is 23.5 Å². The molecule has 0 radical (unpaired) electrons. The maximum atomic E-state index is 16.4. The molecule has 0 aliphatic carbocycles. The minimum atomic E-state index is -0.813. The number of carbonyl (C=O) groups excluding carboxylic acids is 2. The highest BCUT2D eigenvalue weighted by molar-refractivity contribution is 6.03. The molecule has 4 unspecified atom stereocenters. The Bertz CT molecular complexity index is 2150. The highest BCUT2D eigenvalue weighted by atomic mass is 19.1. The second kappa shape index (κ2) is 19.6. The van der Waals surface area contributed by atoms with Crippen LogP contribution in [0.1, 0.15) is 44.6 Å². The van der Waals surface area contributed by atoms with Crippen molar-refractivity contribution in [3.8, 4) is 35.4 Å². The molecule has 4 aliphatic heterocycles. The number of alkyl halides is 1. The number of pyridine rings is 1. The minimum absolute atomic E-state index is 0.0622. The van der Waals surface area contributed by atoms with Crippen molar-refractivity contribution in [2.45, 2.75) is 69.6 Å². The summed E-state index contributed by atoms with van der Waals surface area (Å²) in [6.07, 6.45) is 11.0. The van der Waals surface area contributed by atoms with Crippen LogP contribution in [0.2, 0.25) is 0 Å². The van der Waals surface area contributed by atoms with Gasteiger partial charge in [0.2, 0.25) is 6.29 Å². The number of aromatic hydroxyl groups is 1. The maximum absolute atomic E-state index is 16.4. The molecule has 8 rings (SSSR count). The summed E-state index contributed by atoms with van der Waals surface area (Å²) in [5.74, 6) is 1.10. The average molecular weight is 823 g/mol. The van der Waals surface area contributed by atoms with E-state index in [0.717, 1.165) is 32.1 Å². The van der Waals surface area contributed by atoms with Crippen molar-refractivity contribution in [3.05, 3.63) is 47.7 Å². The lowest BCUT2D eigenvalue weighted by Crippen LogP contribution is -2.56. The lowest BCUT2D eigenvalue weighted by Gasteiger charge is -2.41. The van der Waals surface area contributed by atoms with Crippen LogP contribution >= 0.6 is 0 Å². The smallest absolute Gasteiger partial charge is 0.412 e. The third-order valence-corrected chi connectivity index (χ3v) is 10.9. The first-order valence-corrected chi connectivity index (χ1v) is 19.5. The van der Waals surface area contributed by atoms with E-state index in [1.807, 2.05) is 4.90 Å². The van der Waals surface area contributed by atoms with Gasteiger partial charge in [0.05, 0.1) is 43.4 Å². The van der Waals surface area contributed by atoms with Crippen LogP contribution in [0, 0.1) is 24.0 Å². The minimum Gasteiger partial charge on any atom is -0.508 e. The van der Waals surface area contributed by atoms with Gasteiger partial charge in [0, 0.05) is 57.0 Å². The molecule has 0 saturated carbocycles.